The van der Waals surface area contributed by atoms with Gasteiger partial charge in [0.05, 0.1) is 18.2 Å². The van der Waals surface area contributed by atoms with Gasteiger partial charge < -0.3 is 9.30 Å². The molecule has 4 heteroatoms. The zero-order valence-electron chi connectivity index (χ0n) is 17.3. The highest BCUT2D eigenvalue weighted by Crippen LogP contribution is 2.33. The van der Waals surface area contributed by atoms with Gasteiger partial charge in [-0.1, -0.05) is 60.7 Å². The van der Waals surface area contributed by atoms with Crippen molar-refractivity contribution in [3.05, 3.63) is 113 Å². The lowest BCUT2D eigenvalue weighted by atomic mass is 9.99. The fraction of sp³-hybridized carbons (Fsp3) is 0.111. The molecule has 0 spiro atoms. The Morgan fingerprint density at radius 1 is 0.871 bits per heavy atom. The smallest absolute Gasteiger partial charge is 0.337 e. The van der Waals surface area contributed by atoms with Gasteiger partial charge in [0.25, 0.3) is 0 Å². The predicted octanol–water partition coefficient (Wildman–Crippen LogP) is 5.62. The first-order valence-corrected chi connectivity index (χ1v) is 10.3. The van der Waals surface area contributed by atoms with E-state index in [0.29, 0.717) is 18.5 Å². The van der Waals surface area contributed by atoms with Crippen molar-refractivity contribution < 1.29 is 9.53 Å². The standard InChI is InChI=1S/C27H22N2O2/c1-31-27(30)22-16-21(15-19-9-4-2-5-10-19)25-24(17-22)23-13-8-14-28-26(23)29(25)18-20-11-6-3-7-12-20/h2-14,16-17H,15,18H2,1H3. The highest BCUT2D eigenvalue weighted by Gasteiger charge is 2.19. The maximum Gasteiger partial charge on any atom is 0.337 e. The van der Waals surface area contributed by atoms with Crippen molar-refractivity contribution in [2.24, 2.45) is 0 Å². The number of pyridine rings is 1. The van der Waals surface area contributed by atoms with E-state index in [1.807, 2.05) is 48.7 Å². The van der Waals surface area contributed by atoms with Crippen LogP contribution in [-0.4, -0.2) is 22.6 Å². The molecular formula is C27H22N2O2. The Kier molecular flexibility index (Phi) is 4.97. The van der Waals surface area contributed by atoms with Crippen LogP contribution in [0.4, 0.5) is 0 Å². The van der Waals surface area contributed by atoms with E-state index in [-0.39, 0.29) is 5.97 Å². The van der Waals surface area contributed by atoms with Crippen LogP contribution in [0.5, 0.6) is 0 Å². The number of fused-ring (bicyclic) bond motifs is 3. The van der Waals surface area contributed by atoms with Gasteiger partial charge in [0.2, 0.25) is 0 Å². The number of carbonyl (C=O) groups is 1. The predicted molar refractivity (Wildman–Crippen MR) is 123 cm³/mol. The number of hydrogen-bond donors (Lipinski definition) is 0. The van der Waals surface area contributed by atoms with Crippen molar-refractivity contribution in [3.8, 4) is 0 Å². The molecule has 0 amide bonds. The van der Waals surface area contributed by atoms with Gasteiger partial charge in [-0.3, -0.25) is 0 Å². The molecule has 0 N–H and O–H groups in total. The monoisotopic (exact) mass is 406 g/mol. The quantitative estimate of drug-likeness (QED) is 0.356. The van der Waals surface area contributed by atoms with Crippen LogP contribution in [0.1, 0.15) is 27.0 Å². The number of carbonyl (C=O) groups excluding carboxylic acids is 1. The lowest BCUT2D eigenvalue weighted by Gasteiger charge is -2.12. The van der Waals surface area contributed by atoms with E-state index in [2.05, 4.69) is 47.0 Å². The minimum atomic E-state index is -0.330. The third-order valence-corrected chi connectivity index (χ3v) is 5.63. The van der Waals surface area contributed by atoms with E-state index < -0.39 is 0 Å². The average Bonchev–Trinajstić information content (AvgIpc) is 3.14. The largest absolute Gasteiger partial charge is 0.465 e. The number of ether oxygens (including phenoxy) is 1. The Labute approximate surface area is 180 Å². The van der Waals surface area contributed by atoms with Crippen LogP contribution in [0.25, 0.3) is 21.9 Å². The molecule has 4 nitrogen and oxygen atoms in total. The molecule has 2 heterocycles. The van der Waals surface area contributed by atoms with Crippen molar-refractivity contribution in [3.63, 3.8) is 0 Å². The second kappa shape index (κ2) is 8.07. The van der Waals surface area contributed by atoms with Crippen LogP contribution in [0, 0.1) is 0 Å². The summed E-state index contributed by atoms with van der Waals surface area (Å²) >= 11 is 0. The summed E-state index contributed by atoms with van der Waals surface area (Å²) < 4.78 is 7.31. The molecule has 5 aromatic rings. The molecule has 0 radical (unpaired) electrons. The summed E-state index contributed by atoms with van der Waals surface area (Å²) in [6.07, 6.45) is 2.54. The molecule has 0 saturated heterocycles. The Morgan fingerprint density at radius 3 is 2.29 bits per heavy atom. The van der Waals surface area contributed by atoms with Crippen molar-refractivity contribution in [2.75, 3.05) is 7.11 Å². The summed E-state index contributed by atoms with van der Waals surface area (Å²) in [6, 6.07) is 28.6. The molecule has 0 aliphatic carbocycles. The third kappa shape index (κ3) is 3.57. The molecule has 3 aromatic carbocycles. The summed E-state index contributed by atoms with van der Waals surface area (Å²) in [5.41, 5.74) is 6.05. The number of aromatic nitrogens is 2. The van der Waals surface area contributed by atoms with Crippen LogP contribution in [0.3, 0.4) is 0 Å². The van der Waals surface area contributed by atoms with Gasteiger partial charge in [-0.15, -0.1) is 0 Å². The summed E-state index contributed by atoms with van der Waals surface area (Å²) in [5.74, 6) is -0.330. The molecule has 0 aliphatic heterocycles. The highest BCUT2D eigenvalue weighted by atomic mass is 16.5. The van der Waals surface area contributed by atoms with E-state index in [1.165, 1.54) is 18.2 Å². The van der Waals surface area contributed by atoms with Gasteiger partial charge in [0.15, 0.2) is 0 Å². The molecule has 0 aliphatic rings. The average molecular weight is 406 g/mol. The normalized spacial score (nSPS) is 11.1. The summed E-state index contributed by atoms with van der Waals surface area (Å²) in [4.78, 5) is 17.2. The number of nitrogens with zero attached hydrogens (tertiary/aromatic N) is 2. The number of benzene rings is 3. The first kappa shape index (κ1) is 19.1. The molecule has 0 atom stereocenters. The van der Waals surface area contributed by atoms with E-state index in [9.17, 15) is 4.79 Å². The Balaban J connectivity index is 1.80. The van der Waals surface area contributed by atoms with Gasteiger partial charge >= 0.3 is 5.97 Å². The molecule has 0 unspecified atom stereocenters. The molecule has 0 fully saturated rings. The lowest BCUT2D eigenvalue weighted by Crippen LogP contribution is -2.06. The Bertz CT molecular complexity index is 1370. The van der Waals surface area contributed by atoms with Gasteiger partial charge in [-0.25, -0.2) is 9.78 Å². The van der Waals surface area contributed by atoms with Crippen molar-refractivity contribution in [2.45, 2.75) is 13.0 Å². The van der Waals surface area contributed by atoms with Gasteiger partial charge in [-0.2, -0.15) is 0 Å². The Morgan fingerprint density at radius 2 is 1.58 bits per heavy atom. The fourth-order valence-electron chi connectivity index (χ4n) is 4.25. The van der Waals surface area contributed by atoms with Gasteiger partial charge in [0, 0.05) is 23.5 Å². The summed E-state index contributed by atoms with van der Waals surface area (Å²) in [5, 5.41) is 2.06. The Hall–Kier alpha value is -3.92. The number of esters is 1. The second-order valence-corrected chi connectivity index (χ2v) is 7.63. The molecule has 0 bridgehead atoms. The maximum atomic E-state index is 12.5. The zero-order chi connectivity index (χ0) is 21.2. The molecule has 2 aromatic heterocycles. The van der Waals surface area contributed by atoms with E-state index >= 15 is 0 Å². The van der Waals surface area contributed by atoms with E-state index in [0.717, 1.165) is 27.5 Å². The van der Waals surface area contributed by atoms with E-state index in [4.69, 9.17) is 9.72 Å². The summed E-state index contributed by atoms with van der Waals surface area (Å²) in [6.45, 7) is 0.706. The van der Waals surface area contributed by atoms with Gasteiger partial charge in [0.1, 0.15) is 5.65 Å². The second-order valence-electron chi connectivity index (χ2n) is 7.63. The number of methoxy groups -OCH3 is 1. The van der Waals surface area contributed by atoms with Crippen molar-refractivity contribution in [1.29, 1.82) is 0 Å². The van der Waals surface area contributed by atoms with Crippen molar-refractivity contribution in [1.82, 2.24) is 9.55 Å². The number of hydrogen-bond acceptors (Lipinski definition) is 3. The van der Waals surface area contributed by atoms with Crippen LogP contribution in [-0.2, 0) is 17.7 Å². The van der Waals surface area contributed by atoms with Crippen LogP contribution >= 0.6 is 0 Å². The van der Waals surface area contributed by atoms with Crippen LogP contribution in [0.2, 0.25) is 0 Å². The zero-order valence-corrected chi connectivity index (χ0v) is 17.3. The van der Waals surface area contributed by atoms with Gasteiger partial charge in [-0.05, 0) is 47.4 Å². The highest BCUT2D eigenvalue weighted by molar-refractivity contribution is 6.10. The molecular weight excluding hydrogens is 384 g/mol. The molecule has 31 heavy (non-hydrogen) atoms. The third-order valence-electron chi connectivity index (χ3n) is 5.63. The maximum absolute atomic E-state index is 12.5. The molecule has 0 saturated carbocycles. The molecule has 5 rings (SSSR count). The lowest BCUT2D eigenvalue weighted by molar-refractivity contribution is 0.0601. The number of rotatable bonds is 5. The van der Waals surface area contributed by atoms with Crippen molar-refractivity contribution >= 4 is 27.9 Å². The van der Waals surface area contributed by atoms with E-state index in [1.54, 1.807) is 0 Å². The first-order chi connectivity index (χ1) is 15.2. The van der Waals surface area contributed by atoms with Crippen LogP contribution in [0.15, 0.2) is 91.1 Å². The molecule has 152 valence electrons. The fourth-order valence-corrected chi connectivity index (χ4v) is 4.25. The minimum absolute atomic E-state index is 0.330. The SMILES string of the molecule is COC(=O)c1cc(Cc2ccccc2)c2c(c1)c1cccnc1n2Cc1ccccc1. The minimum Gasteiger partial charge on any atom is -0.465 e. The summed E-state index contributed by atoms with van der Waals surface area (Å²) in [7, 11) is 1.42. The van der Waals surface area contributed by atoms with Crippen LogP contribution < -0.4 is 0 Å². The topological polar surface area (TPSA) is 44.1 Å². The first-order valence-electron chi connectivity index (χ1n) is 10.3.